The first-order chi connectivity index (χ1) is 12.6. The van der Waals surface area contributed by atoms with Crippen LogP contribution in [0.4, 0.5) is 0 Å². The Labute approximate surface area is 153 Å². The van der Waals surface area contributed by atoms with Gasteiger partial charge in [-0.1, -0.05) is 23.4 Å². The van der Waals surface area contributed by atoms with Crippen LogP contribution in [0, 0.1) is 25.2 Å². The number of hydrogen-bond donors (Lipinski definition) is 0. The third kappa shape index (κ3) is 4.01. The number of aryl methyl sites for hydroxylation is 2. The van der Waals surface area contributed by atoms with Crippen LogP contribution in [0.25, 0.3) is 6.08 Å². The molecular formula is C20H22N4O2. The van der Waals surface area contributed by atoms with Crippen molar-refractivity contribution in [3.8, 4) is 6.07 Å². The van der Waals surface area contributed by atoms with Gasteiger partial charge in [0.25, 0.3) is 0 Å². The van der Waals surface area contributed by atoms with E-state index in [-0.39, 0.29) is 5.91 Å². The maximum Gasteiger partial charge on any atom is 0.246 e. The predicted octanol–water partition coefficient (Wildman–Crippen LogP) is 2.52. The summed E-state index contributed by atoms with van der Waals surface area (Å²) in [6.07, 6.45) is 3.28. The Morgan fingerprint density at radius 3 is 2.65 bits per heavy atom. The van der Waals surface area contributed by atoms with Crippen LogP contribution in [-0.4, -0.2) is 47.0 Å². The van der Waals surface area contributed by atoms with E-state index in [0.717, 1.165) is 42.2 Å². The highest BCUT2D eigenvalue weighted by atomic mass is 16.5. The first-order valence-corrected chi connectivity index (χ1v) is 8.68. The molecule has 1 aromatic heterocycles. The van der Waals surface area contributed by atoms with Crippen molar-refractivity contribution in [2.45, 2.75) is 20.4 Å². The fourth-order valence-corrected chi connectivity index (χ4v) is 3.09. The summed E-state index contributed by atoms with van der Waals surface area (Å²) in [7, 11) is 0. The standard InChI is InChI=1S/C20H22N4O2/c1-15-19(16(2)26-22-15)14-23-9-11-24(12-10-23)20(25)8-7-17-5-3-4-6-18(17)13-21/h3-8H,9-12,14H2,1-2H3/b8-7+. The van der Waals surface area contributed by atoms with Crippen molar-refractivity contribution >= 4 is 12.0 Å². The number of nitrogens with zero attached hydrogens (tertiary/aromatic N) is 4. The minimum Gasteiger partial charge on any atom is -0.361 e. The maximum absolute atomic E-state index is 12.4. The predicted molar refractivity (Wildman–Crippen MR) is 98.0 cm³/mol. The van der Waals surface area contributed by atoms with Crippen LogP contribution in [0.15, 0.2) is 34.9 Å². The van der Waals surface area contributed by atoms with Crippen molar-refractivity contribution in [2.75, 3.05) is 26.2 Å². The summed E-state index contributed by atoms with van der Waals surface area (Å²) in [6, 6.07) is 9.40. The summed E-state index contributed by atoms with van der Waals surface area (Å²) in [5, 5.41) is 13.1. The van der Waals surface area contributed by atoms with Crippen LogP contribution in [0.3, 0.4) is 0 Å². The van der Waals surface area contributed by atoms with Crippen molar-refractivity contribution in [1.82, 2.24) is 15.0 Å². The summed E-state index contributed by atoms with van der Waals surface area (Å²) in [4.78, 5) is 16.6. The molecule has 0 spiro atoms. The molecular weight excluding hydrogens is 328 g/mol. The number of rotatable bonds is 4. The highest BCUT2D eigenvalue weighted by molar-refractivity contribution is 5.92. The molecule has 2 heterocycles. The number of hydrogen-bond acceptors (Lipinski definition) is 5. The van der Waals surface area contributed by atoms with Crippen molar-refractivity contribution in [2.24, 2.45) is 0 Å². The van der Waals surface area contributed by atoms with Crippen LogP contribution < -0.4 is 0 Å². The summed E-state index contributed by atoms with van der Waals surface area (Å²) in [6.45, 7) is 7.69. The smallest absolute Gasteiger partial charge is 0.246 e. The molecule has 0 radical (unpaired) electrons. The van der Waals surface area contributed by atoms with Gasteiger partial charge < -0.3 is 9.42 Å². The number of carbonyl (C=O) groups excluding carboxylic acids is 1. The van der Waals surface area contributed by atoms with E-state index >= 15 is 0 Å². The van der Waals surface area contributed by atoms with E-state index in [1.54, 1.807) is 18.2 Å². The lowest BCUT2D eigenvalue weighted by Gasteiger charge is -2.34. The molecule has 0 aliphatic carbocycles. The molecule has 26 heavy (non-hydrogen) atoms. The van der Waals surface area contributed by atoms with Gasteiger partial charge in [-0.15, -0.1) is 0 Å². The molecule has 0 N–H and O–H groups in total. The molecule has 0 atom stereocenters. The van der Waals surface area contributed by atoms with E-state index in [2.05, 4.69) is 16.1 Å². The largest absolute Gasteiger partial charge is 0.361 e. The van der Waals surface area contributed by atoms with Gasteiger partial charge in [-0.05, 0) is 31.6 Å². The van der Waals surface area contributed by atoms with Gasteiger partial charge in [0.2, 0.25) is 5.91 Å². The summed E-state index contributed by atoms with van der Waals surface area (Å²) in [5.74, 6) is 0.842. The first kappa shape index (κ1) is 17.9. The molecule has 1 fully saturated rings. The van der Waals surface area contributed by atoms with E-state index in [1.807, 2.05) is 36.9 Å². The second-order valence-corrected chi connectivity index (χ2v) is 6.44. The Hall–Kier alpha value is -2.91. The van der Waals surface area contributed by atoms with Gasteiger partial charge in [0.05, 0.1) is 17.3 Å². The van der Waals surface area contributed by atoms with E-state index in [0.29, 0.717) is 18.7 Å². The number of nitriles is 1. The van der Waals surface area contributed by atoms with Gasteiger partial charge in [0.1, 0.15) is 5.76 Å². The van der Waals surface area contributed by atoms with Gasteiger partial charge in [-0.3, -0.25) is 9.69 Å². The lowest BCUT2D eigenvalue weighted by Crippen LogP contribution is -2.47. The third-order valence-electron chi connectivity index (χ3n) is 4.73. The van der Waals surface area contributed by atoms with Crippen LogP contribution in [0.5, 0.6) is 0 Å². The minimum absolute atomic E-state index is 0.0188. The zero-order valence-corrected chi connectivity index (χ0v) is 15.1. The summed E-state index contributed by atoms with van der Waals surface area (Å²) < 4.78 is 5.22. The lowest BCUT2D eigenvalue weighted by molar-refractivity contribution is -0.127. The van der Waals surface area contributed by atoms with E-state index in [1.165, 1.54) is 0 Å². The molecule has 2 aromatic rings. The Morgan fingerprint density at radius 1 is 1.27 bits per heavy atom. The molecule has 1 saturated heterocycles. The van der Waals surface area contributed by atoms with Crippen molar-refractivity contribution < 1.29 is 9.32 Å². The fourth-order valence-electron chi connectivity index (χ4n) is 3.09. The Morgan fingerprint density at radius 2 is 2.00 bits per heavy atom. The number of piperazine rings is 1. The normalized spacial score (nSPS) is 15.3. The highest BCUT2D eigenvalue weighted by Gasteiger charge is 2.21. The highest BCUT2D eigenvalue weighted by Crippen LogP contribution is 2.16. The van der Waals surface area contributed by atoms with Crippen LogP contribution >= 0.6 is 0 Å². The summed E-state index contributed by atoms with van der Waals surface area (Å²) in [5.41, 5.74) is 3.40. The van der Waals surface area contributed by atoms with Gasteiger partial charge in [-0.2, -0.15) is 5.26 Å². The molecule has 6 nitrogen and oxygen atoms in total. The van der Waals surface area contributed by atoms with Crippen molar-refractivity contribution in [3.63, 3.8) is 0 Å². The molecule has 1 aromatic carbocycles. The Kier molecular flexibility index (Phi) is 5.49. The summed E-state index contributed by atoms with van der Waals surface area (Å²) >= 11 is 0. The van der Waals surface area contributed by atoms with Gasteiger partial charge in [0.15, 0.2) is 0 Å². The van der Waals surface area contributed by atoms with E-state index < -0.39 is 0 Å². The lowest BCUT2D eigenvalue weighted by atomic mass is 10.1. The quantitative estimate of drug-likeness (QED) is 0.792. The molecule has 0 bridgehead atoms. The minimum atomic E-state index is -0.0188. The van der Waals surface area contributed by atoms with E-state index in [4.69, 9.17) is 9.78 Å². The van der Waals surface area contributed by atoms with Crippen LogP contribution in [0.2, 0.25) is 0 Å². The first-order valence-electron chi connectivity index (χ1n) is 8.68. The SMILES string of the molecule is Cc1noc(C)c1CN1CCN(C(=O)/C=C/c2ccccc2C#N)CC1. The molecule has 3 rings (SSSR count). The van der Waals surface area contributed by atoms with Gasteiger partial charge >= 0.3 is 0 Å². The van der Waals surface area contributed by atoms with E-state index in [9.17, 15) is 4.79 Å². The second kappa shape index (κ2) is 7.98. The monoisotopic (exact) mass is 350 g/mol. The Bertz CT molecular complexity index is 835. The molecule has 6 heteroatoms. The topological polar surface area (TPSA) is 73.4 Å². The number of benzene rings is 1. The number of amides is 1. The number of aromatic nitrogens is 1. The zero-order chi connectivity index (χ0) is 18.5. The third-order valence-corrected chi connectivity index (χ3v) is 4.73. The molecule has 1 amide bonds. The zero-order valence-electron chi connectivity index (χ0n) is 15.1. The molecule has 0 unspecified atom stereocenters. The average Bonchev–Trinajstić information content (AvgIpc) is 2.99. The number of carbonyl (C=O) groups is 1. The van der Waals surface area contributed by atoms with Gasteiger partial charge in [0, 0.05) is 44.4 Å². The molecule has 134 valence electrons. The Balaban J connectivity index is 1.55. The fraction of sp³-hybridized carbons (Fsp3) is 0.350. The molecule has 1 aliphatic rings. The van der Waals surface area contributed by atoms with Crippen LogP contribution in [-0.2, 0) is 11.3 Å². The van der Waals surface area contributed by atoms with Crippen molar-refractivity contribution in [1.29, 1.82) is 5.26 Å². The maximum atomic E-state index is 12.4. The molecule has 0 saturated carbocycles. The average molecular weight is 350 g/mol. The van der Waals surface area contributed by atoms with Gasteiger partial charge in [-0.25, -0.2) is 0 Å². The van der Waals surface area contributed by atoms with Crippen molar-refractivity contribution in [3.05, 3.63) is 58.5 Å². The molecule has 1 aliphatic heterocycles. The van der Waals surface area contributed by atoms with Crippen LogP contribution in [0.1, 0.15) is 28.1 Å². The second-order valence-electron chi connectivity index (χ2n) is 6.44.